The van der Waals surface area contributed by atoms with E-state index in [2.05, 4.69) is 15.5 Å². The summed E-state index contributed by atoms with van der Waals surface area (Å²) in [6.45, 7) is 1.78. The third-order valence-electron chi connectivity index (χ3n) is 3.41. The number of anilines is 1. The molecule has 122 valence electrons. The molecule has 0 unspecified atom stereocenters. The molecular formula is C14H15Cl2N5OS. The molecule has 1 aliphatic carbocycles. The number of carbonyl (C=O) groups excluding carboxylic acids is 1. The molecule has 1 saturated carbocycles. The zero-order valence-corrected chi connectivity index (χ0v) is 14.6. The molecule has 9 heteroatoms. The van der Waals surface area contributed by atoms with E-state index in [1.54, 1.807) is 25.1 Å². The van der Waals surface area contributed by atoms with Crippen LogP contribution in [0.15, 0.2) is 23.4 Å². The van der Waals surface area contributed by atoms with Gasteiger partial charge in [-0.05, 0) is 38.0 Å². The molecule has 3 rings (SSSR count). The van der Waals surface area contributed by atoms with Gasteiger partial charge >= 0.3 is 0 Å². The summed E-state index contributed by atoms with van der Waals surface area (Å²) in [6, 6.07) is 4.88. The lowest BCUT2D eigenvalue weighted by molar-refractivity contribution is -0.115. The van der Waals surface area contributed by atoms with E-state index in [0.717, 1.165) is 18.7 Å². The molecule has 0 bridgehead atoms. The van der Waals surface area contributed by atoms with Crippen molar-refractivity contribution in [3.63, 3.8) is 0 Å². The molecule has 3 N–H and O–H groups in total. The van der Waals surface area contributed by atoms with Gasteiger partial charge in [0.05, 0.1) is 5.25 Å². The van der Waals surface area contributed by atoms with Crippen LogP contribution >= 0.6 is 35.0 Å². The summed E-state index contributed by atoms with van der Waals surface area (Å²) in [5.41, 5.74) is 0.549. The Bertz CT molecular complexity index is 727. The van der Waals surface area contributed by atoms with Crippen LogP contribution in [-0.4, -0.2) is 26.0 Å². The second-order valence-corrected chi connectivity index (χ2v) is 7.57. The molecule has 2 aromatic rings. The number of aromatic nitrogens is 3. The molecule has 1 heterocycles. The lowest BCUT2D eigenvalue weighted by Gasteiger charge is -2.12. The van der Waals surface area contributed by atoms with E-state index >= 15 is 0 Å². The Kier molecular flexibility index (Phi) is 4.70. The Labute approximate surface area is 147 Å². The summed E-state index contributed by atoms with van der Waals surface area (Å²) in [5.74, 6) is 6.98. The third-order valence-corrected chi connectivity index (χ3v) is 4.91. The van der Waals surface area contributed by atoms with Crippen LogP contribution in [-0.2, 0) is 4.79 Å². The highest BCUT2D eigenvalue weighted by Crippen LogP contribution is 2.39. The topological polar surface area (TPSA) is 85.8 Å². The average molecular weight is 372 g/mol. The molecule has 0 saturated heterocycles. The summed E-state index contributed by atoms with van der Waals surface area (Å²) in [7, 11) is 0. The minimum Gasteiger partial charge on any atom is -0.336 e. The number of amides is 1. The van der Waals surface area contributed by atoms with Crippen LogP contribution in [0.3, 0.4) is 0 Å². The number of carbonyl (C=O) groups is 1. The number of thioether (sulfide) groups is 1. The quantitative estimate of drug-likeness (QED) is 0.621. The normalized spacial score (nSPS) is 15.4. The minimum absolute atomic E-state index is 0.190. The van der Waals surface area contributed by atoms with Gasteiger partial charge in [-0.15, -0.1) is 10.2 Å². The summed E-state index contributed by atoms with van der Waals surface area (Å²) < 4.78 is 1.47. The van der Waals surface area contributed by atoms with Crippen molar-refractivity contribution in [1.29, 1.82) is 0 Å². The fourth-order valence-electron chi connectivity index (χ4n) is 2.07. The van der Waals surface area contributed by atoms with Crippen LogP contribution in [0, 0.1) is 0 Å². The largest absolute Gasteiger partial charge is 0.336 e. The van der Waals surface area contributed by atoms with Crippen molar-refractivity contribution in [2.24, 2.45) is 0 Å². The number of nitrogens with one attached hydrogen (secondary N) is 1. The maximum Gasteiger partial charge on any atom is 0.237 e. The molecule has 23 heavy (non-hydrogen) atoms. The first-order valence-electron chi connectivity index (χ1n) is 7.08. The van der Waals surface area contributed by atoms with E-state index < -0.39 is 5.25 Å². The zero-order chi connectivity index (χ0) is 16.6. The number of nitrogens with zero attached hydrogens (tertiary/aromatic N) is 3. The Hall–Kier alpha value is -1.44. The lowest BCUT2D eigenvalue weighted by atomic mass is 10.3. The van der Waals surface area contributed by atoms with Gasteiger partial charge < -0.3 is 11.2 Å². The Morgan fingerprint density at radius 2 is 2.00 bits per heavy atom. The van der Waals surface area contributed by atoms with Crippen molar-refractivity contribution in [3.05, 3.63) is 34.1 Å². The maximum absolute atomic E-state index is 12.3. The third kappa shape index (κ3) is 3.91. The lowest BCUT2D eigenvalue weighted by Crippen LogP contribution is -2.23. The van der Waals surface area contributed by atoms with Gasteiger partial charge in [-0.25, -0.2) is 4.68 Å². The number of hydrogen-bond acceptors (Lipinski definition) is 5. The molecule has 0 aliphatic heterocycles. The first kappa shape index (κ1) is 16.4. The van der Waals surface area contributed by atoms with Gasteiger partial charge in [0.25, 0.3) is 0 Å². The van der Waals surface area contributed by atoms with Crippen LogP contribution < -0.4 is 11.2 Å². The Morgan fingerprint density at radius 3 is 2.61 bits per heavy atom. The fourth-order valence-corrected chi connectivity index (χ4v) is 3.37. The molecule has 1 aromatic carbocycles. The van der Waals surface area contributed by atoms with Crippen molar-refractivity contribution >= 4 is 46.6 Å². The molecule has 0 spiro atoms. The highest BCUT2D eigenvalue weighted by atomic mass is 35.5. The van der Waals surface area contributed by atoms with Gasteiger partial charge in [-0.2, -0.15) is 0 Å². The Morgan fingerprint density at radius 1 is 1.35 bits per heavy atom. The molecular weight excluding hydrogens is 357 g/mol. The van der Waals surface area contributed by atoms with Gasteiger partial charge in [0.1, 0.15) is 0 Å². The molecule has 1 atom stereocenters. The van der Waals surface area contributed by atoms with E-state index in [4.69, 9.17) is 29.0 Å². The van der Waals surface area contributed by atoms with E-state index in [1.807, 2.05) is 0 Å². The predicted molar refractivity (Wildman–Crippen MR) is 92.6 cm³/mol. The molecule has 1 amide bonds. The SMILES string of the molecule is C[C@H](Sc1nnc(C2CC2)n1N)C(=O)Nc1cc(Cl)cc(Cl)c1. The van der Waals surface area contributed by atoms with E-state index in [9.17, 15) is 4.79 Å². The van der Waals surface area contributed by atoms with Crippen LogP contribution in [0.1, 0.15) is 31.5 Å². The van der Waals surface area contributed by atoms with Gasteiger partial charge in [0, 0.05) is 21.7 Å². The van der Waals surface area contributed by atoms with Crippen LogP contribution in [0.4, 0.5) is 5.69 Å². The van der Waals surface area contributed by atoms with E-state index in [-0.39, 0.29) is 5.91 Å². The molecule has 1 aromatic heterocycles. The predicted octanol–water partition coefficient (Wildman–Crippen LogP) is 3.30. The standard InChI is InChI=1S/C14H15Cl2N5OS/c1-7(13(22)18-11-5-9(15)4-10(16)6-11)23-14-20-19-12(21(14)17)8-2-3-8/h4-8H,2-3,17H2,1H3,(H,18,22)/t7-/m0/s1. The first-order chi connectivity index (χ1) is 10.9. The van der Waals surface area contributed by atoms with Gasteiger partial charge in [-0.3, -0.25) is 4.79 Å². The molecule has 1 fully saturated rings. The maximum atomic E-state index is 12.3. The van der Waals surface area contributed by atoms with Crippen molar-refractivity contribution in [2.45, 2.75) is 36.1 Å². The monoisotopic (exact) mass is 371 g/mol. The molecule has 0 radical (unpaired) electrons. The summed E-state index contributed by atoms with van der Waals surface area (Å²) >= 11 is 13.1. The van der Waals surface area contributed by atoms with Crippen molar-refractivity contribution in [3.8, 4) is 0 Å². The van der Waals surface area contributed by atoms with E-state index in [1.165, 1.54) is 16.4 Å². The number of nitrogens with two attached hydrogens (primary N) is 1. The van der Waals surface area contributed by atoms with Crippen molar-refractivity contribution in [1.82, 2.24) is 14.9 Å². The fraction of sp³-hybridized carbons (Fsp3) is 0.357. The van der Waals surface area contributed by atoms with Crippen molar-refractivity contribution in [2.75, 3.05) is 11.2 Å². The van der Waals surface area contributed by atoms with Crippen LogP contribution in [0.25, 0.3) is 0 Å². The first-order valence-corrected chi connectivity index (χ1v) is 8.71. The highest BCUT2D eigenvalue weighted by Gasteiger charge is 2.30. The molecule has 1 aliphatic rings. The smallest absolute Gasteiger partial charge is 0.237 e. The number of rotatable bonds is 5. The number of halogens is 2. The number of hydrogen-bond donors (Lipinski definition) is 2. The van der Waals surface area contributed by atoms with Gasteiger partial charge in [-0.1, -0.05) is 35.0 Å². The Balaban J connectivity index is 1.65. The summed E-state index contributed by atoms with van der Waals surface area (Å²) in [5, 5.41) is 12.0. The summed E-state index contributed by atoms with van der Waals surface area (Å²) in [6.07, 6.45) is 2.18. The number of nitrogen functional groups attached to an aromatic ring is 1. The second-order valence-electron chi connectivity index (χ2n) is 5.39. The van der Waals surface area contributed by atoms with Gasteiger partial charge in [0.15, 0.2) is 5.82 Å². The average Bonchev–Trinajstić information content (AvgIpc) is 3.24. The van der Waals surface area contributed by atoms with Crippen molar-refractivity contribution < 1.29 is 4.79 Å². The van der Waals surface area contributed by atoms with Crippen LogP contribution in [0.5, 0.6) is 0 Å². The van der Waals surface area contributed by atoms with E-state index in [0.29, 0.717) is 26.8 Å². The minimum atomic E-state index is -0.397. The van der Waals surface area contributed by atoms with Crippen LogP contribution in [0.2, 0.25) is 10.0 Å². The highest BCUT2D eigenvalue weighted by molar-refractivity contribution is 8.00. The summed E-state index contributed by atoms with van der Waals surface area (Å²) in [4.78, 5) is 12.3. The number of benzene rings is 1. The second kappa shape index (κ2) is 6.59. The zero-order valence-electron chi connectivity index (χ0n) is 12.3. The molecule has 6 nitrogen and oxygen atoms in total. The van der Waals surface area contributed by atoms with Gasteiger partial charge in [0.2, 0.25) is 11.1 Å².